The second-order valence-electron chi connectivity index (χ2n) is 8.51. The summed E-state index contributed by atoms with van der Waals surface area (Å²) in [5, 5.41) is 9.83. The van der Waals surface area contributed by atoms with Crippen LogP contribution < -0.4 is 4.90 Å². The Morgan fingerprint density at radius 1 is 1.12 bits per heavy atom. The first-order valence-electron chi connectivity index (χ1n) is 11.4. The van der Waals surface area contributed by atoms with Crippen LogP contribution in [-0.4, -0.2) is 53.3 Å². The average molecular weight is 462 g/mol. The number of piperidine rings is 1. The van der Waals surface area contributed by atoms with Crippen LogP contribution in [0, 0.1) is 12.8 Å². The molecule has 3 aromatic rings. The fourth-order valence-electron chi connectivity index (χ4n) is 4.21. The van der Waals surface area contributed by atoms with Crippen molar-refractivity contribution >= 4 is 12.0 Å². The largest absolute Gasteiger partial charge is 0.504 e. The molecule has 0 saturated carbocycles. The van der Waals surface area contributed by atoms with E-state index in [1.54, 1.807) is 20.3 Å². The number of carbonyl (C=O) groups excluding carboxylic acids is 1. The molecule has 0 amide bonds. The van der Waals surface area contributed by atoms with Crippen LogP contribution >= 0.6 is 0 Å². The molecule has 1 N–H and O–H groups in total. The predicted molar refractivity (Wildman–Crippen MR) is 128 cm³/mol. The fraction of sp³-hybridized carbons (Fsp3) is 0.385. The van der Waals surface area contributed by atoms with E-state index in [-0.39, 0.29) is 18.2 Å². The van der Waals surface area contributed by atoms with Crippen molar-refractivity contribution in [1.82, 2.24) is 15.0 Å². The third-order valence-electron chi connectivity index (χ3n) is 6.11. The third kappa shape index (κ3) is 5.76. The molecule has 1 aromatic carbocycles. The molecule has 1 aliphatic heterocycles. The number of hydrogen-bond donors (Lipinski definition) is 1. The van der Waals surface area contributed by atoms with Crippen molar-refractivity contribution in [1.29, 1.82) is 0 Å². The molecule has 3 heterocycles. The minimum absolute atomic E-state index is 0.0522. The molecule has 177 valence electrons. The molecule has 0 bridgehead atoms. The van der Waals surface area contributed by atoms with Gasteiger partial charge in [-0.1, -0.05) is 18.2 Å². The number of nitrogens with zero attached hydrogens (tertiary/aromatic N) is 4. The SMILES string of the molecule is COCOCc1ccc(-c2ccc(N3CCC(Cc4nc(C)c(O)c([C]=O)n4)CC3)cc2)nc1. The van der Waals surface area contributed by atoms with Gasteiger partial charge in [-0.15, -0.1) is 0 Å². The minimum Gasteiger partial charge on any atom is -0.504 e. The van der Waals surface area contributed by atoms with E-state index in [0.717, 1.165) is 42.8 Å². The number of methoxy groups -OCH3 is 1. The number of anilines is 1. The van der Waals surface area contributed by atoms with Gasteiger partial charge >= 0.3 is 0 Å². The third-order valence-corrected chi connectivity index (χ3v) is 6.11. The van der Waals surface area contributed by atoms with Crippen LogP contribution in [0.4, 0.5) is 5.69 Å². The molecule has 1 fully saturated rings. The second kappa shape index (κ2) is 11.2. The molecular weight excluding hydrogens is 432 g/mol. The van der Waals surface area contributed by atoms with E-state index in [9.17, 15) is 9.90 Å². The highest BCUT2D eigenvalue weighted by atomic mass is 16.7. The Morgan fingerprint density at radius 3 is 2.53 bits per heavy atom. The van der Waals surface area contributed by atoms with Gasteiger partial charge in [0.1, 0.15) is 12.6 Å². The van der Waals surface area contributed by atoms with Crippen LogP contribution in [0.25, 0.3) is 11.3 Å². The highest BCUT2D eigenvalue weighted by Crippen LogP contribution is 2.28. The quantitative estimate of drug-likeness (QED) is 0.381. The first-order valence-corrected chi connectivity index (χ1v) is 11.4. The van der Waals surface area contributed by atoms with Crippen LogP contribution in [0.2, 0.25) is 0 Å². The maximum absolute atomic E-state index is 11.0. The molecule has 1 radical (unpaired) electrons. The van der Waals surface area contributed by atoms with Crippen molar-refractivity contribution in [2.75, 3.05) is 31.9 Å². The van der Waals surface area contributed by atoms with Crippen LogP contribution in [0.3, 0.4) is 0 Å². The van der Waals surface area contributed by atoms with Gasteiger partial charge < -0.3 is 19.5 Å². The summed E-state index contributed by atoms with van der Waals surface area (Å²) >= 11 is 0. The van der Waals surface area contributed by atoms with Crippen LogP contribution in [0.5, 0.6) is 5.75 Å². The average Bonchev–Trinajstić information content (AvgIpc) is 2.87. The summed E-state index contributed by atoms with van der Waals surface area (Å²) in [6, 6.07) is 12.5. The van der Waals surface area contributed by atoms with E-state index in [2.05, 4.69) is 44.1 Å². The molecule has 0 spiro atoms. The number of ether oxygens (including phenoxy) is 2. The zero-order valence-corrected chi connectivity index (χ0v) is 19.5. The van der Waals surface area contributed by atoms with E-state index in [1.807, 2.05) is 18.3 Å². The van der Waals surface area contributed by atoms with Gasteiger partial charge in [-0.3, -0.25) is 9.78 Å². The lowest BCUT2D eigenvalue weighted by Crippen LogP contribution is -2.34. The van der Waals surface area contributed by atoms with E-state index in [4.69, 9.17) is 9.47 Å². The van der Waals surface area contributed by atoms with Crippen LogP contribution in [0.15, 0.2) is 42.6 Å². The van der Waals surface area contributed by atoms with Crippen molar-refractivity contribution in [2.45, 2.75) is 32.8 Å². The summed E-state index contributed by atoms with van der Waals surface area (Å²) < 4.78 is 10.3. The molecule has 8 nitrogen and oxygen atoms in total. The lowest BCUT2D eigenvalue weighted by atomic mass is 9.92. The van der Waals surface area contributed by atoms with Gasteiger partial charge in [-0.05, 0) is 49.4 Å². The Bertz CT molecular complexity index is 1100. The summed E-state index contributed by atoms with van der Waals surface area (Å²) in [5.41, 5.74) is 4.57. The Labute approximate surface area is 199 Å². The van der Waals surface area contributed by atoms with E-state index >= 15 is 0 Å². The zero-order valence-electron chi connectivity index (χ0n) is 19.5. The van der Waals surface area contributed by atoms with Crippen LogP contribution in [0.1, 0.15) is 35.6 Å². The van der Waals surface area contributed by atoms with E-state index in [1.165, 1.54) is 5.69 Å². The Kier molecular flexibility index (Phi) is 7.82. The molecule has 2 aromatic heterocycles. The number of rotatable bonds is 9. The molecule has 0 atom stereocenters. The summed E-state index contributed by atoms with van der Waals surface area (Å²) in [6.45, 7) is 4.31. The lowest BCUT2D eigenvalue weighted by molar-refractivity contribution is -0.0391. The fourth-order valence-corrected chi connectivity index (χ4v) is 4.21. The van der Waals surface area contributed by atoms with Gasteiger partial charge in [0.15, 0.2) is 11.4 Å². The molecule has 0 unspecified atom stereocenters. The summed E-state index contributed by atoms with van der Waals surface area (Å²) in [7, 11) is 1.60. The standard InChI is InChI=1S/C26H29N4O4/c1-18-26(32)24(15-31)29-25(28-18)13-19-9-11-30(12-10-19)22-6-4-21(5-7-22)23-8-3-20(14-27-23)16-34-17-33-2/h3-8,14,19,32H,9-13,16-17H2,1-2H3. The normalized spacial score (nSPS) is 14.4. The maximum Gasteiger partial charge on any atom is 0.257 e. The summed E-state index contributed by atoms with van der Waals surface area (Å²) in [4.78, 5) is 26.5. The topological polar surface area (TPSA) is 97.7 Å². The van der Waals surface area contributed by atoms with Crippen molar-refractivity contribution in [3.63, 3.8) is 0 Å². The molecule has 34 heavy (non-hydrogen) atoms. The summed E-state index contributed by atoms with van der Waals surface area (Å²) in [6.07, 6.45) is 6.25. The first kappa shape index (κ1) is 23.8. The van der Waals surface area contributed by atoms with Crippen molar-refractivity contribution < 1.29 is 19.4 Å². The van der Waals surface area contributed by atoms with Crippen molar-refractivity contribution in [2.24, 2.45) is 5.92 Å². The van der Waals surface area contributed by atoms with Gasteiger partial charge in [-0.2, -0.15) is 0 Å². The smallest absolute Gasteiger partial charge is 0.257 e. The van der Waals surface area contributed by atoms with Gasteiger partial charge in [0.2, 0.25) is 0 Å². The monoisotopic (exact) mass is 461 g/mol. The number of pyridine rings is 1. The number of aryl methyl sites for hydroxylation is 1. The van der Waals surface area contributed by atoms with Crippen molar-refractivity contribution in [3.8, 4) is 17.0 Å². The molecule has 1 aliphatic rings. The van der Waals surface area contributed by atoms with E-state index < -0.39 is 0 Å². The van der Waals surface area contributed by atoms with Gasteiger partial charge in [-0.25, -0.2) is 9.97 Å². The van der Waals surface area contributed by atoms with Crippen molar-refractivity contribution in [3.05, 3.63) is 65.4 Å². The zero-order chi connectivity index (χ0) is 23.9. The highest BCUT2D eigenvalue weighted by Gasteiger charge is 2.22. The predicted octanol–water partition coefficient (Wildman–Crippen LogP) is 3.59. The lowest BCUT2D eigenvalue weighted by Gasteiger charge is -2.33. The molecule has 0 aliphatic carbocycles. The molecule has 1 saturated heterocycles. The summed E-state index contributed by atoms with van der Waals surface area (Å²) in [5.74, 6) is 0.856. The minimum atomic E-state index is -0.181. The first-order chi connectivity index (χ1) is 16.6. The Morgan fingerprint density at radius 2 is 1.88 bits per heavy atom. The highest BCUT2D eigenvalue weighted by molar-refractivity contribution is 5.76. The number of benzene rings is 1. The molecule has 4 rings (SSSR count). The Hall–Kier alpha value is -3.36. The number of aromatic hydroxyl groups is 1. The van der Waals surface area contributed by atoms with Gasteiger partial charge in [0.25, 0.3) is 6.29 Å². The maximum atomic E-state index is 11.0. The number of aromatic nitrogens is 3. The van der Waals surface area contributed by atoms with Gasteiger partial charge in [0.05, 0.1) is 18.0 Å². The second-order valence-corrected chi connectivity index (χ2v) is 8.51. The van der Waals surface area contributed by atoms with Crippen LogP contribution in [-0.2, 0) is 27.3 Å². The molecular formula is C26H29N4O4. The van der Waals surface area contributed by atoms with E-state index in [0.29, 0.717) is 30.5 Å². The molecule has 8 heteroatoms. The van der Waals surface area contributed by atoms with Gasteiger partial charge in [0, 0.05) is 44.1 Å². The Balaban J connectivity index is 1.32. The number of hydrogen-bond acceptors (Lipinski definition) is 8.